The molecule has 0 saturated heterocycles. The number of hydrogen-bond acceptors (Lipinski definition) is 5. The summed E-state index contributed by atoms with van der Waals surface area (Å²) in [4.78, 5) is 41.1. The first-order valence-electron chi connectivity index (χ1n) is 11.7. The Morgan fingerprint density at radius 1 is 0.946 bits per heavy atom. The summed E-state index contributed by atoms with van der Waals surface area (Å²) in [5.74, 6) is -1.83. The van der Waals surface area contributed by atoms with Crippen molar-refractivity contribution >= 4 is 39.3 Å². The Kier molecular flexibility index (Phi) is 7.94. The molecule has 0 radical (unpaired) electrons. The highest BCUT2D eigenvalue weighted by Gasteiger charge is 2.43. The molecular formula is C27H26ClN3O5S. The van der Waals surface area contributed by atoms with E-state index in [0.717, 1.165) is 5.56 Å². The SMILES string of the molecule is CCNC(=O)C(Cc1ccccc1)N(Cc1ccc(Cl)cc1)C(=O)CN1C(=O)c2ccccc2S1(=O)=O. The number of sulfonamides is 1. The number of nitrogens with zero attached hydrogens (tertiary/aromatic N) is 2. The Bertz CT molecular complexity index is 1410. The number of hydrogen-bond donors (Lipinski definition) is 1. The van der Waals surface area contributed by atoms with E-state index in [-0.39, 0.29) is 29.3 Å². The summed E-state index contributed by atoms with van der Waals surface area (Å²) < 4.78 is 26.7. The minimum atomic E-state index is -4.20. The monoisotopic (exact) mass is 539 g/mol. The maximum Gasteiger partial charge on any atom is 0.269 e. The van der Waals surface area contributed by atoms with Crippen LogP contribution in [0.2, 0.25) is 5.02 Å². The van der Waals surface area contributed by atoms with Crippen molar-refractivity contribution in [3.05, 3.63) is 101 Å². The first kappa shape index (κ1) is 26.4. The molecule has 1 unspecified atom stereocenters. The Morgan fingerprint density at radius 2 is 1.59 bits per heavy atom. The highest BCUT2D eigenvalue weighted by atomic mass is 35.5. The van der Waals surface area contributed by atoms with Crippen LogP contribution < -0.4 is 5.32 Å². The second kappa shape index (κ2) is 11.1. The molecule has 0 spiro atoms. The van der Waals surface area contributed by atoms with Crippen molar-refractivity contribution in [3.8, 4) is 0 Å². The first-order valence-corrected chi connectivity index (χ1v) is 13.6. The summed E-state index contributed by atoms with van der Waals surface area (Å²) in [6, 6.07) is 20.9. The van der Waals surface area contributed by atoms with Crippen LogP contribution in [0.4, 0.5) is 0 Å². The molecule has 1 aliphatic heterocycles. The standard InChI is InChI=1S/C27H26ClN3O5S/c1-2-29-26(33)23(16-19-8-4-3-5-9-19)30(17-20-12-14-21(28)15-13-20)25(32)18-31-27(34)22-10-6-7-11-24(22)37(31,35)36/h3-15,23H,2,16-18H2,1H3,(H,29,33). The van der Waals surface area contributed by atoms with Gasteiger partial charge in [0.2, 0.25) is 11.8 Å². The lowest BCUT2D eigenvalue weighted by molar-refractivity contribution is -0.141. The zero-order valence-electron chi connectivity index (χ0n) is 20.1. The number of nitrogens with one attached hydrogen (secondary N) is 1. The summed E-state index contributed by atoms with van der Waals surface area (Å²) in [6.07, 6.45) is 0.201. The molecular weight excluding hydrogens is 514 g/mol. The smallest absolute Gasteiger partial charge is 0.269 e. The topological polar surface area (TPSA) is 104 Å². The third kappa shape index (κ3) is 5.68. The van der Waals surface area contributed by atoms with Crippen LogP contribution in [0, 0.1) is 0 Å². The normalized spacial score (nSPS) is 14.6. The average Bonchev–Trinajstić information content (AvgIpc) is 3.08. The van der Waals surface area contributed by atoms with Gasteiger partial charge in [0.15, 0.2) is 0 Å². The second-order valence-corrected chi connectivity index (χ2v) is 10.8. The predicted molar refractivity (Wildman–Crippen MR) is 139 cm³/mol. The van der Waals surface area contributed by atoms with E-state index in [4.69, 9.17) is 11.6 Å². The van der Waals surface area contributed by atoms with Crippen LogP contribution in [0.1, 0.15) is 28.4 Å². The van der Waals surface area contributed by atoms with E-state index in [0.29, 0.717) is 21.4 Å². The van der Waals surface area contributed by atoms with Crippen molar-refractivity contribution in [1.82, 2.24) is 14.5 Å². The summed E-state index contributed by atoms with van der Waals surface area (Å²) in [7, 11) is -4.20. The van der Waals surface area contributed by atoms with Crippen LogP contribution in [0.3, 0.4) is 0 Å². The molecule has 3 aromatic rings. The van der Waals surface area contributed by atoms with Crippen molar-refractivity contribution in [2.75, 3.05) is 13.1 Å². The highest BCUT2D eigenvalue weighted by Crippen LogP contribution is 2.30. The summed E-state index contributed by atoms with van der Waals surface area (Å²) in [5, 5.41) is 3.29. The molecule has 0 saturated carbocycles. The lowest BCUT2D eigenvalue weighted by Crippen LogP contribution is -2.53. The fraction of sp³-hybridized carbons (Fsp3) is 0.222. The van der Waals surface area contributed by atoms with Gasteiger partial charge in [-0.25, -0.2) is 12.7 Å². The van der Waals surface area contributed by atoms with Gasteiger partial charge in [-0.2, -0.15) is 0 Å². The maximum absolute atomic E-state index is 13.8. The summed E-state index contributed by atoms with van der Waals surface area (Å²) in [5.41, 5.74) is 1.54. The van der Waals surface area contributed by atoms with Gasteiger partial charge in [0.25, 0.3) is 15.9 Å². The highest BCUT2D eigenvalue weighted by molar-refractivity contribution is 7.90. The summed E-state index contributed by atoms with van der Waals surface area (Å²) >= 11 is 6.02. The zero-order valence-corrected chi connectivity index (χ0v) is 21.7. The van der Waals surface area contributed by atoms with Gasteiger partial charge in [0, 0.05) is 24.5 Å². The predicted octanol–water partition coefficient (Wildman–Crippen LogP) is 3.26. The molecule has 10 heteroatoms. The average molecular weight is 540 g/mol. The zero-order chi connectivity index (χ0) is 26.6. The molecule has 1 aliphatic rings. The van der Waals surface area contributed by atoms with E-state index >= 15 is 0 Å². The molecule has 1 heterocycles. The Labute approximate surface area is 220 Å². The van der Waals surface area contributed by atoms with E-state index in [9.17, 15) is 22.8 Å². The number of fused-ring (bicyclic) bond motifs is 1. The van der Waals surface area contributed by atoms with Crippen LogP contribution in [-0.2, 0) is 32.6 Å². The van der Waals surface area contributed by atoms with Crippen LogP contribution >= 0.6 is 11.6 Å². The molecule has 37 heavy (non-hydrogen) atoms. The molecule has 8 nitrogen and oxygen atoms in total. The van der Waals surface area contributed by atoms with Gasteiger partial charge in [-0.05, 0) is 42.3 Å². The number of carbonyl (C=O) groups excluding carboxylic acids is 3. The van der Waals surface area contributed by atoms with Crippen molar-refractivity contribution < 1.29 is 22.8 Å². The Morgan fingerprint density at radius 3 is 2.24 bits per heavy atom. The van der Waals surface area contributed by atoms with Gasteiger partial charge in [-0.1, -0.05) is 66.2 Å². The number of likely N-dealkylation sites (N-methyl/N-ethyl adjacent to an activating group) is 1. The molecule has 4 rings (SSSR count). The quantitative estimate of drug-likeness (QED) is 0.449. The first-order chi connectivity index (χ1) is 17.7. The fourth-order valence-corrected chi connectivity index (χ4v) is 5.88. The van der Waals surface area contributed by atoms with Crippen LogP contribution in [-0.4, -0.2) is 54.5 Å². The van der Waals surface area contributed by atoms with Crippen LogP contribution in [0.25, 0.3) is 0 Å². The molecule has 0 aliphatic carbocycles. The minimum Gasteiger partial charge on any atom is -0.355 e. The molecule has 0 bridgehead atoms. The Hall–Kier alpha value is -3.69. The van der Waals surface area contributed by atoms with Gasteiger partial charge < -0.3 is 10.2 Å². The van der Waals surface area contributed by atoms with E-state index in [1.54, 1.807) is 37.3 Å². The van der Waals surface area contributed by atoms with Gasteiger partial charge >= 0.3 is 0 Å². The van der Waals surface area contributed by atoms with E-state index in [1.165, 1.54) is 23.1 Å². The third-order valence-corrected chi connectivity index (χ3v) is 8.12. The molecule has 3 amide bonds. The van der Waals surface area contributed by atoms with Gasteiger partial charge in [0.1, 0.15) is 17.5 Å². The second-order valence-electron chi connectivity index (χ2n) is 8.56. The maximum atomic E-state index is 13.8. The number of rotatable bonds is 9. The number of halogens is 1. The largest absolute Gasteiger partial charge is 0.355 e. The van der Waals surface area contributed by atoms with E-state index in [2.05, 4.69) is 5.32 Å². The molecule has 192 valence electrons. The number of carbonyl (C=O) groups is 3. The minimum absolute atomic E-state index is 0.0136. The van der Waals surface area contributed by atoms with E-state index in [1.807, 2.05) is 30.3 Å². The van der Waals surface area contributed by atoms with Gasteiger partial charge in [-0.15, -0.1) is 0 Å². The molecule has 3 aromatic carbocycles. The molecule has 0 fully saturated rings. The van der Waals surface area contributed by atoms with Crippen molar-refractivity contribution in [2.24, 2.45) is 0 Å². The van der Waals surface area contributed by atoms with Crippen molar-refractivity contribution in [2.45, 2.75) is 30.8 Å². The Balaban J connectivity index is 1.70. The lowest BCUT2D eigenvalue weighted by Gasteiger charge is -2.32. The fourth-order valence-electron chi connectivity index (χ4n) is 4.23. The van der Waals surface area contributed by atoms with Crippen LogP contribution in [0.5, 0.6) is 0 Å². The molecule has 1 N–H and O–H groups in total. The van der Waals surface area contributed by atoms with Gasteiger partial charge in [0.05, 0.1) is 5.56 Å². The molecule has 0 aromatic heterocycles. The van der Waals surface area contributed by atoms with Crippen molar-refractivity contribution in [3.63, 3.8) is 0 Å². The lowest BCUT2D eigenvalue weighted by atomic mass is 10.0. The van der Waals surface area contributed by atoms with Crippen LogP contribution in [0.15, 0.2) is 83.8 Å². The summed E-state index contributed by atoms with van der Waals surface area (Å²) in [6.45, 7) is 1.41. The van der Waals surface area contributed by atoms with Crippen molar-refractivity contribution in [1.29, 1.82) is 0 Å². The van der Waals surface area contributed by atoms with E-state index < -0.39 is 34.4 Å². The third-order valence-electron chi connectivity index (χ3n) is 6.08. The number of benzene rings is 3. The number of amides is 3. The van der Waals surface area contributed by atoms with Gasteiger partial charge in [-0.3, -0.25) is 14.4 Å². The molecule has 1 atom stereocenters.